The standard InChI is InChI=1S/C16H13Cl2N3O3S/c17-13-4-2-1-3-12(13)16-15(18)14(9-22)20-21(16)10-5-7-11(8-6-10)25(19,23)24/h1-8,22H,9H2,(H2,19,23,24). The first kappa shape index (κ1) is 17.9. The van der Waals surface area contributed by atoms with E-state index in [0.717, 1.165) is 0 Å². The fraction of sp³-hybridized carbons (Fsp3) is 0.0625. The van der Waals surface area contributed by atoms with Crippen molar-refractivity contribution in [1.82, 2.24) is 9.78 Å². The van der Waals surface area contributed by atoms with Gasteiger partial charge in [-0.2, -0.15) is 5.10 Å². The quantitative estimate of drug-likeness (QED) is 0.706. The number of benzene rings is 2. The number of hydrogen-bond acceptors (Lipinski definition) is 4. The second kappa shape index (κ2) is 6.78. The number of hydrogen-bond donors (Lipinski definition) is 2. The Morgan fingerprint density at radius 3 is 2.28 bits per heavy atom. The van der Waals surface area contributed by atoms with Crippen molar-refractivity contribution in [2.75, 3.05) is 0 Å². The molecule has 0 spiro atoms. The minimum absolute atomic E-state index is 0.0174. The number of primary sulfonamides is 1. The highest BCUT2D eigenvalue weighted by Gasteiger charge is 2.20. The van der Waals surface area contributed by atoms with Gasteiger partial charge >= 0.3 is 0 Å². The lowest BCUT2D eigenvalue weighted by molar-refractivity contribution is 0.276. The Morgan fingerprint density at radius 1 is 1.08 bits per heavy atom. The van der Waals surface area contributed by atoms with E-state index in [4.69, 9.17) is 28.3 Å². The Hall–Kier alpha value is -1.90. The molecule has 0 aliphatic heterocycles. The number of nitrogens with zero attached hydrogens (tertiary/aromatic N) is 2. The Bertz CT molecular complexity index is 1030. The predicted octanol–water partition coefficient (Wildman–Crippen LogP) is 2.99. The average molecular weight is 398 g/mol. The van der Waals surface area contributed by atoms with Crippen LogP contribution in [0.3, 0.4) is 0 Å². The first-order chi connectivity index (χ1) is 11.8. The molecule has 0 aliphatic rings. The van der Waals surface area contributed by atoms with Crippen molar-refractivity contribution in [3.8, 4) is 16.9 Å². The van der Waals surface area contributed by atoms with E-state index >= 15 is 0 Å². The molecule has 0 amide bonds. The van der Waals surface area contributed by atoms with Gasteiger partial charge in [0.15, 0.2) is 0 Å². The van der Waals surface area contributed by atoms with Gasteiger partial charge in [0.05, 0.1) is 32.9 Å². The third kappa shape index (κ3) is 3.42. The SMILES string of the molecule is NS(=O)(=O)c1ccc(-n2nc(CO)c(Cl)c2-c2ccccc2Cl)cc1. The van der Waals surface area contributed by atoms with E-state index in [-0.39, 0.29) is 22.2 Å². The highest BCUT2D eigenvalue weighted by molar-refractivity contribution is 7.89. The van der Waals surface area contributed by atoms with Gasteiger partial charge < -0.3 is 5.11 Å². The zero-order valence-corrected chi connectivity index (χ0v) is 15.1. The lowest BCUT2D eigenvalue weighted by Gasteiger charge is -2.10. The van der Waals surface area contributed by atoms with Gasteiger partial charge in [0.25, 0.3) is 0 Å². The third-order valence-corrected chi connectivity index (χ3v) is 5.24. The van der Waals surface area contributed by atoms with Crippen molar-refractivity contribution in [1.29, 1.82) is 0 Å². The van der Waals surface area contributed by atoms with Gasteiger partial charge in [-0.25, -0.2) is 18.2 Å². The Morgan fingerprint density at radius 2 is 1.72 bits per heavy atom. The maximum Gasteiger partial charge on any atom is 0.238 e. The van der Waals surface area contributed by atoms with Crippen molar-refractivity contribution in [2.45, 2.75) is 11.5 Å². The summed E-state index contributed by atoms with van der Waals surface area (Å²) in [4.78, 5) is -0.0174. The summed E-state index contributed by atoms with van der Waals surface area (Å²) in [5.41, 5.74) is 1.97. The van der Waals surface area contributed by atoms with Gasteiger partial charge in [0, 0.05) is 5.56 Å². The number of aliphatic hydroxyl groups is 1. The topological polar surface area (TPSA) is 98.2 Å². The summed E-state index contributed by atoms with van der Waals surface area (Å²) >= 11 is 12.6. The first-order valence-electron chi connectivity index (χ1n) is 7.09. The van der Waals surface area contributed by atoms with Crippen LogP contribution in [-0.4, -0.2) is 23.3 Å². The van der Waals surface area contributed by atoms with Crippen LogP contribution < -0.4 is 5.14 Å². The fourth-order valence-electron chi connectivity index (χ4n) is 2.39. The van der Waals surface area contributed by atoms with Gasteiger partial charge in [-0.05, 0) is 30.3 Å². The Kier molecular flexibility index (Phi) is 4.86. The minimum atomic E-state index is -3.80. The van der Waals surface area contributed by atoms with Crippen LogP contribution in [0.1, 0.15) is 5.69 Å². The summed E-state index contributed by atoms with van der Waals surface area (Å²) in [5.74, 6) is 0. The number of sulfonamides is 1. The van der Waals surface area contributed by atoms with Gasteiger partial charge in [-0.1, -0.05) is 41.4 Å². The van der Waals surface area contributed by atoms with Crippen LogP contribution in [0, 0.1) is 0 Å². The molecular weight excluding hydrogens is 385 g/mol. The molecule has 0 unspecified atom stereocenters. The first-order valence-corrected chi connectivity index (χ1v) is 9.39. The highest BCUT2D eigenvalue weighted by Crippen LogP contribution is 2.36. The second-order valence-corrected chi connectivity index (χ2v) is 7.54. The molecule has 25 heavy (non-hydrogen) atoms. The molecule has 3 rings (SSSR count). The van der Waals surface area contributed by atoms with Crippen LogP contribution in [0.15, 0.2) is 53.4 Å². The Balaban J connectivity index is 2.22. The monoisotopic (exact) mass is 397 g/mol. The number of nitrogens with two attached hydrogens (primary N) is 1. The van der Waals surface area contributed by atoms with Crippen molar-refractivity contribution in [3.05, 3.63) is 64.3 Å². The van der Waals surface area contributed by atoms with Crippen LogP contribution in [0.25, 0.3) is 16.9 Å². The molecule has 0 radical (unpaired) electrons. The lowest BCUT2D eigenvalue weighted by Crippen LogP contribution is -2.12. The highest BCUT2D eigenvalue weighted by atomic mass is 35.5. The van der Waals surface area contributed by atoms with E-state index in [1.165, 1.54) is 16.8 Å². The molecule has 0 atom stereocenters. The van der Waals surface area contributed by atoms with Crippen molar-refractivity contribution < 1.29 is 13.5 Å². The molecule has 9 heteroatoms. The minimum Gasteiger partial charge on any atom is -0.390 e. The van der Waals surface area contributed by atoms with E-state index < -0.39 is 10.0 Å². The van der Waals surface area contributed by atoms with Crippen LogP contribution in [-0.2, 0) is 16.6 Å². The van der Waals surface area contributed by atoms with E-state index in [1.54, 1.807) is 36.4 Å². The summed E-state index contributed by atoms with van der Waals surface area (Å²) < 4.78 is 24.3. The van der Waals surface area contributed by atoms with E-state index in [0.29, 0.717) is 22.0 Å². The lowest BCUT2D eigenvalue weighted by atomic mass is 10.1. The van der Waals surface area contributed by atoms with Crippen LogP contribution in [0.2, 0.25) is 10.0 Å². The molecule has 6 nitrogen and oxygen atoms in total. The normalized spacial score (nSPS) is 11.7. The summed E-state index contributed by atoms with van der Waals surface area (Å²) in [7, 11) is -3.80. The molecule has 3 aromatic rings. The van der Waals surface area contributed by atoms with Gasteiger partial charge in [0.1, 0.15) is 5.69 Å². The maximum atomic E-state index is 11.4. The van der Waals surface area contributed by atoms with E-state index in [1.807, 2.05) is 0 Å². The molecular formula is C16H13Cl2N3O3S. The predicted molar refractivity (Wildman–Crippen MR) is 96.3 cm³/mol. The molecule has 0 fully saturated rings. The Labute approximate surface area is 154 Å². The van der Waals surface area contributed by atoms with E-state index in [9.17, 15) is 13.5 Å². The molecule has 0 bridgehead atoms. The smallest absolute Gasteiger partial charge is 0.238 e. The molecule has 0 saturated carbocycles. The summed E-state index contributed by atoms with van der Waals surface area (Å²) in [6.45, 7) is -0.349. The van der Waals surface area contributed by atoms with E-state index in [2.05, 4.69) is 5.10 Å². The zero-order chi connectivity index (χ0) is 18.2. The van der Waals surface area contributed by atoms with Gasteiger partial charge in [-0.3, -0.25) is 0 Å². The zero-order valence-electron chi connectivity index (χ0n) is 12.7. The second-order valence-electron chi connectivity index (χ2n) is 5.20. The number of aliphatic hydroxyl groups excluding tert-OH is 1. The summed E-state index contributed by atoms with van der Waals surface area (Å²) in [6.07, 6.45) is 0. The summed E-state index contributed by atoms with van der Waals surface area (Å²) in [6, 6.07) is 12.9. The van der Waals surface area contributed by atoms with Crippen LogP contribution in [0.4, 0.5) is 0 Å². The maximum absolute atomic E-state index is 11.4. The molecule has 1 aromatic heterocycles. The molecule has 0 saturated heterocycles. The number of aromatic nitrogens is 2. The number of halogens is 2. The molecule has 2 aromatic carbocycles. The van der Waals surface area contributed by atoms with Crippen LogP contribution in [0.5, 0.6) is 0 Å². The van der Waals surface area contributed by atoms with Crippen molar-refractivity contribution in [2.24, 2.45) is 5.14 Å². The summed E-state index contributed by atoms with van der Waals surface area (Å²) in [5, 5.41) is 19.6. The fourth-order valence-corrected chi connectivity index (χ4v) is 3.41. The van der Waals surface area contributed by atoms with Crippen LogP contribution >= 0.6 is 23.2 Å². The van der Waals surface area contributed by atoms with Crippen molar-refractivity contribution in [3.63, 3.8) is 0 Å². The van der Waals surface area contributed by atoms with Crippen molar-refractivity contribution >= 4 is 33.2 Å². The largest absolute Gasteiger partial charge is 0.390 e. The van der Waals surface area contributed by atoms with Gasteiger partial charge in [0.2, 0.25) is 10.0 Å². The third-order valence-electron chi connectivity index (χ3n) is 3.58. The molecule has 3 N–H and O–H groups in total. The molecule has 1 heterocycles. The van der Waals surface area contributed by atoms with Gasteiger partial charge in [-0.15, -0.1) is 0 Å². The molecule has 130 valence electrons. The number of rotatable bonds is 4. The molecule has 0 aliphatic carbocycles. The average Bonchev–Trinajstić information content (AvgIpc) is 2.91.